The number of phenols is 1. The molecular weight excluding hydrogens is 378 g/mol. The number of ether oxygens (including phenoxy) is 1. The smallest absolute Gasteiger partial charge is 0.233 e. The van der Waals surface area contributed by atoms with E-state index in [1.54, 1.807) is 10.7 Å². The Morgan fingerprint density at radius 3 is 2.77 bits per heavy atom. The third kappa shape index (κ3) is 2.80. The molecule has 2 saturated heterocycles. The summed E-state index contributed by atoms with van der Waals surface area (Å²) in [6, 6.07) is 12.2. The lowest BCUT2D eigenvalue weighted by Gasteiger charge is -2.33. The summed E-state index contributed by atoms with van der Waals surface area (Å²) in [5.41, 5.74) is 3.45. The molecular formula is C23H25N5O2. The molecule has 0 spiro atoms. The van der Waals surface area contributed by atoms with Gasteiger partial charge in [0.15, 0.2) is 0 Å². The molecule has 0 radical (unpaired) electrons. The van der Waals surface area contributed by atoms with Gasteiger partial charge in [0.25, 0.3) is 0 Å². The summed E-state index contributed by atoms with van der Waals surface area (Å²) in [4.78, 5) is 0. The molecule has 4 heterocycles. The highest BCUT2D eigenvalue weighted by Gasteiger charge is 2.66. The van der Waals surface area contributed by atoms with E-state index >= 15 is 0 Å². The molecule has 1 saturated carbocycles. The van der Waals surface area contributed by atoms with Crippen LogP contribution in [0, 0.1) is 18.3 Å². The highest BCUT2D eigenvalue weighted by atomic mass is 16.5. The number of hydrogen-bond donors (Lipinski definition) is 2. The Hall–Kier alpha value is -2.93. The summed E-state index contributed by atoms with van der Waals surface area (Å²) >= 11 is 0. The lowest BCUT2D eigenvalue weighted by molar-refractivity contribution is 0.113. The molecule has 5 atom stereocenters. The van der Waals surface area contributed by atoms with Gasteiger partial charge < -0.3 is 15.2 Å². The number of aromatic nitrogens is 4. The van der Waals surface area contributed by atoms with Crippen molar-refractivity contribution in [2.75, 3.05) is 0 Å². The SMILES string of the molecule is Cc1ccn(-c2ccc(-c3ccc(OC4CC5NC(C4)C4(C)CC54)nn3)c(O)c2)n1. The molecule has 5 unspecified atom stereocenters. The van der Waals surface area contributed by atoms with Crippen molar-refractivity contribution in [3.63, 3.8) is 0 Å². The van der Waals surface area contributed by atoms with Crippen molar-refractivity contribution in [3.05, 3.63) is 48.3 Å². The van der Waals surface area contributed by atoms with Crippen LogP contribution in [-0.4, -0.2) is 43.3 Å². The van der Waals surface area contributed by atoms with E-state index in [-0.39, 0.29) is 11.9 Å². The summed E-state index contributed by atoms with van der Waals surface area (Å²) in [5.74, 6) is 1.51. The van der Waals surface area contributed by atoms with Crippen LogP contribution in [0.5, 0.6) is 11.6 Å². The molecule has 2 aliphatic heterocycles. The van der Waals surface area contributed by atoms with Crippen LogP contribution in [0.1, 0.15) is 31.9 Å². The van der Waals surface area contributed by atoms with Gasteiger partial charge in [-0.25, -0.2) is 4.68 Å². The lowest BCUT2D eigenvalue weighted by Crippen LogP contribution is -2.47. The van der Waals surface area contributed by atoms with Gasteiger partial charge in [-0.3, -0.25) is 0 Å². The van der Waals surface area contributed by atoms with Gasteiger partial charge in [-0.1, -0.05) is 6.92 Å². The van der Waals surface area contributed by atoms with E-state index in [2.05, 4.69) is 27.5 Å². The molecule has 1 aliphatic carbocycles. The summed E-state index contributed by atoms with van der Waals surface area (Å²) < 4.78 is 7.90. The van der Waals surface area contributed by atoms with Gasteiger partial charge in [0, 0.05) is 48.8 Å². The highest BCUT2D eigenvalue weighted by molar-refractivity contribution is 5.68. The maximum absolute atomic E-state index is 10.5. The third-order valence-electron chi connectivity index (χ3n) is 7.23. The van der Waals surface area contributed by atoms with E-state index < -0.39 is 0 Å². The summed E-state index contributed by atoms with van der Waals surface area (Å²) in [6.45, 7) is 4.33. The van der Waals surface area contributed by atoms with E-state index in [1.165, 1.54) is 6.42 Å². The van der Waals surface area contributed by atoms with Gasteiger partial charge >= 0.3 is 0 Å². The third-order valence-corrected chi connectivity index (χ3v) is 7.23. The number of piperidine rings is 2. The molecule has 2 N–H and O–H groups in total. The van der Waals surface area contributed by atoms with Crippen LogP contribution in [-0.2, 0) is 0 Å². The first-order valence-corrected chi connectivity index (χ1v) is 10.6. The minimum Gasteiger partial charge on any atom is -0.507 e. The zero-order chi connectivity index (χ0) is 20.5. The maximum atomic E-state index is 10.5. The number of aromatic hydroxyl groups is 1. The predicted octanol–water partition coefficient (Wildman–Crippen LogP) is 3.25. The normalized spacial score (nSPS) is 31.4. The molecule has 7 heteroatoms. The summed E-state index contributed by atoms with van der Waals surface area (Å²) in [5, 5.41) is 27.2. The second-order valence-electron chi connectivity index (χ2n) is 9.21. The molecule has 3 aromatic rings. The summed E-state index contributed by atoms with van der Waals surface area (Å²) in [7, 11) is 0. The zero-order valence-corrected chi connectivity index (χ0v) is 17.1. The number of rotatable bonds is 4. The molecule has 7 nitrogen and oxygen atoms in total. The highest BCUT2D eigenvalue weighted by Crippen LogP contribution is 2.64. The van der Waals surface area contributed by atoms with E-state index in [0.717, 1.165) is 30.1 Å². The Bertz CT molecular complexity index is 1110. The van der Waals surface area contributed by atoms with Crippen LogP contribution in [0.15, 0.2) is 42.6 Å². The van der Waals surface area contributed by atoms with E-state index in [0.29, 0.717) is 34.6 Å². The van der Waals surface area contributed by atoms with Crippen LogP contribution in [0.4, 0.5) is 0 Å². The largest absolute Gasteiger partial charge is 0.507 e. The number of phenolic OH excluding ortho intramolecular Hbond substituents is 1. The Kier molecular flexibility index (Phi) is 3.75. The first kappa shape index (κ1) is 17.9. The van der Waals surface area contributed by atoms with Gasteiger partial charge in [-0.2, -0.15) is 5.10 Å². The average molecular weight is 403 g/mol. The fourth-order valence-corrected chi connectivity index (χ4v) is 5.43. The van der Waals surface area contributed by atoms with Crippen LogP contribution in [0.25, 0.3) is 16.9 Å². The second kappa shape index (κ2) is 6.28. The predicted molar refractivity (Wildman–Crippen MR) is 112 cm³/mol. The molecule has 2 bridgehead atoms. The van der Waals surface area contributed by atoms with Gasteiger partial charge in [-0.05, 0) is 48.9 Å². The molecule has 30 heavy (non-hydrogen) atoms. The van der Waals surface area contributed by atoms with Crippen LogP contribution < -0.4 is 10.1 Å². The maximum Gasteiger partial charge on any atom is 0.233 e. The number of aryl methyl sites for hydroxylation is 1. The number of nitrogens with one attached hydrogen (secondary N) is 1. The van der Waals surface area contributed by atoms with Crippen molar-refractivity contribution in [2.24, 2.45) is 11.3 Å². The van der Waals surface area contributed by atoms with E-state index in [1.807, 2.05) is 43.5 Å². The number of hydrogen-bond acceptors (Lipinski definition) is 6. The molecule has 2 aromatic heterocycles. The number of fused-ring (bicyclic) bond motifs is 5. The first-order valence-electron chi connectivity index (χ1n) is 10.6. The minimum atomic E-state index is 0.144. The van der Waals surface area contributed by atoms with Crippen molar-refractivity contribution < 1.29 is 9.84 Å². The Morgan fingerprint density at radius 2 is 2.07 bits per heavy atom. The minimum absolute atomic E-state index is 0.144. The van der Waals surface area contributed by atoms with Gasteiger partial charge in [0.2, 0.25) is 5.88 Å². The Morgan fingerprint density at radius 1 is 1.17 bits per heavy atom. The quantitative estimate of drug-likeness (QED) is 0.696. The van der Waals surface area contributed by atoms with Crippen LogP contribution in [0.3, 0.4) is 0 Å². The van der Waals surface area contributed by atoms with E-state index in [9.17, 15) is 5.11 Å². The zero-order valence-electron chi connectivity index (χ0n) is 17.1. The van der Waals surface area contributed by atoms with Gasteiger partial charge in [-0.15, -0.1) is 10.2 Å². The monoisotopic (exact) mass is 403 g/mol. The van der Waals surface area contributed by atoms with Crippen molar-refractivity contribution in [1.29, 1.82) is 0 Å². The standard InChI is InChI=1S/C23H25N5O2/c1-13-7-8-28(27-13)14-3-4-16(20(29)9-14)18-5-6-22(26-25-18)30-15-10-19-17-12-23(17,2)21(11-15)24-19/h3-9,15,17,19,21,24,29H,10-12H2,1-2H3. The lowest BCUT2D eigenvalue weighted by atomic mass is 9.93. The molecule has 0 amide bonds. The van der Waals surface area contributed by atoms with Crippen LogP contribution >= 0.6 is 0 Å². The Labute approximate surface area is 175 Å². The van der Waals surface area contributed by atoms with Crippen molar-refractivity contribution in [2.45, 2.75) is 51.3 Å². The molecule has 3 aliphatic rings. The fourth-order valence-electron chi connectivity index (χ4n) is 5.43. The summed E-state index contributed by atoms with van der Waals surface area (Å²) in [6.07, 6.45) is 5.49. The molecule has 3 fully saturated rings. The molecule has 1 aromatic carbocycles. The van der Waals surface area contributed by atoms with Crippen LogP contribution in [0.2, 0.25) is 0 Å². The van der Waals surface area contributed by atoms with Crippen molar-refractivity contribution >= 4 is 0 Å². The van der Waals surface area contributed by atoms with Crippen molar-refractivity contribution in [1.82, 2.24) is 25.3 Å². The Balaban J connectivity index is 1.17. The second-order valence-corrected chi connectivity index (χ2v) is 9.21. The van der Waals surface area contributed by atoms with Crippen molar-refractivity contribution in [3.8, 4) is 28.6 Å². The topological polar surface area (TPSA) is 85.1 Å². The molecule has 154 valence electrons. The van der Waals surface area contributed by atoms with Gasteiger partial charge in [0.1, 0.15) is 11.9 Å². The number of benzene rings is 1. The first-order chi connectivity index (χ1) is 14.5. The number of nitrogens with zero attached hydrogens (tertiary/aromatic N) is 4. The van der Waals surface area contributed by atoms with E-state index in [4.69, 9.17) is 4.74 Å². The van der Waals surface area contributed by atoms with Gasteiger partial charge in [0.05, 0.1) is 17.1 Å². The average Bonchev–Trinajstić information content (AvgIpc) is 3.18. The fraction of sp³-hybridized carbons (Fsp3) is 0.435. The molecule has 6 rings (SSSR count).